The maximum Gasteiger partial charge on any atom is 0.268 e. The molecule has 0 spiro atoms. The minimum absolute atomic E-state index is 0.327. The Morgan fingerprint density at radius 1 is 0.288 bits per heavy atom. The Bertz CT molecular complexity index is 3260. The van der Waals surface area contributed by atoms with Gasteiger partial charge in [0, 0.05) is 21.9 Å². The number of carbonyl (C=O) groups excluding carboxylic acids is 4. The van der Waals surface area contributed by atoms with E-state index in [0.717, 1.165) is 49.6 Å². The Balaban J connectivity index is 1.03. The molecule has 0 radical (unpaired) electrons. The zero-order valence-corrected chi connectivity index (χ0v) is 31.4. The van der Waals surface area contributed by atoms with E-state index < -0.39 is 5.91 Å². The fourth-order valence-corrected chi connectivity index (χ4v) is 8.88. The monoisotopic (exact) mass is 761 g/mol. The molecule has 7 nitrogen and oxygen atoms in total. The van der Waals surface area contributed by atoms with Gasteiger partial charge in [0.1, 0.15) is 0 Å². The number of anilines is 2. The van der Waals surface area contributed by atoms with Crippen LogP contribution in [0, 0.1) is 0 Å². The van der Waals surface area contributed by atoms with Crippen molar-refractivity contribution in [2.75, 3.05) is 9.80 Å². The number of imide groups is 2. The maximum absolute atomic E-state index is 14.6. The molecule has 4 amide bonds. The predicted molar refractivity (Wildman–Crippen MR) is 232 cm³/mol. The summed E-state index contributed by atoms with van der Waals surface area (Å²) in [5.74, 6) is -1.53. The molecule has 9 aromatic rings. The summed E-state index contributed by atoms with van der Waals surface area (Å²) in [5.41, 5.74) is 9.46. The van der Waals surface area contributed by atoms with Gasteiger partial charge in [0.15, 0.2) is 0 Å². The fraction of sp³-hybridized carbons (Fsp3) is 0. The predicted octanol–water partition coefficient (Wildman–Crippen LogP) is 11.4. The number of fused-ring (bicyclic) bond motifs is 5. The van der Waals surface area contributed by atoms with Crippen LogP contribution in [0.25, 0.3) is 60.9 Å². The third-order valence-electron chi connectivity index (χ3n) is 11.5. The van der Waals surface area contributed by atoms with Gasteiger partial charge in [-0.3, -0.25) is 19.2 Å². The fourth-order valence-electron chi connectivity index (χ4n) is 8.88. The molecule has 0 aliphatic carbocycles. The van der Waals surface area contributed by atoms with Gasteiger partial charge in [0.05, 0.1) is 50.3 Å². The minimum atomic E-state index is -0.395. The smallest absolute Gasteiger partial charge is 0.268 e. The van der Waals surface area contributed by atoms with Crippen molar-refractivity contribution in [3.63, 3.8) is 0 Å². The molecule has 0 N–H and O–H groups in total. The molecule has 0 saturated carbocycles. The summed E-state index contributed by atoms with van der Waals surface area (Å²) in [5, 5.41) is 1.82. The number of para-hydroxylation sites is 3. The average Bonchev–Trinajstić information content (AvgIpc) is 3.86. The van der Waals surface area contributed by atoms with Crippen LogP contribution in [-0.2, 0) is 0 Å². The van der Waals surface area contributed by atoms with Crippen molar-refractivity contribution in [1.82, 2.24) is 4.57 Å². The number of nitrogens with zero attached hydrogens (tertiary/aromatic N) is 3. The minimum Gasteiger partial charge on any atom is -0.308 e. The molecule has 0 bridgehead atoms. The molecule has 1 aromatic heterocycles. The lowest BCUT2D eigenvalue weighted by atomic mass is 9.95. The first-order chi connectivity index (χ1) is 29.0. The van der Waals surface area contributed by atoms with E-state index in [1.165, 1.54) is 9.80 Å². The highest BCUT2D eigenvalue weighted by Gasteiger charge is 2.41. The van der Waals surface area contributed by atoms with Gasteiger partial charge >= 0.3 is 0 Å². The van der Waals surface area contributed by atoms with Crippen LogP contribution in [0.5, 0.6) is 0 Å². The number of rotatable bonds is 6. The number of amides is 4. The topological polar surface area (TPSA) is 79.7 Å². The lowest BCUT2D eigenvalue weighted by molar-refractivity contribution is 0.0910. The normalized spacial score (nSPS) is 13.5. The third kappa shape index (κ3) is 5.08. The maximum atomic E-state index is 14.6. The van der Waals surface area contributed by atoms with Gasteiger partial charge in [-0.2, -0.15) is 0 Å². The van der Waals surface area contributed by atoms with Gasteiger partial charge in [0.2, 0.25) is 0 Å². The van der Waals surface area contributed by atoms with Crippen LogP contribution in [-0.4, -0.2) is 28.2 Å². The zero-order valence-electron chi connectivity index (χ0n) is 31.4. The number of aromatic nitrogens is 1. The highest BCUT2D eigenvalue weighted by Crippen LogP contribution is 2.43. The van der Waals surface area contributed by atoms with E-state index in [0.29, 0.717) is 44.9 Å². The van der Waals surface area contributed by atoms with Crippen molar-refractivity contribution >= 4 is 56.8 Å². The Hall–Kier alpha value is -8.16. The second-order valence-corrected chi connectivity index (χ2v) is 14.7. The summed E-state index contributed by atoms with van der Waals surface area (Å²) in [6, 6.07) is 59.2. The molecule has 3 heterocycles. The highest BCUT2D eigenvalue weighted by atomic mass is 16.2. The molecule has 8 aromatic carbocycles. The molecular formula is C52H31N3O4. The SMILES string of the molecule is O=C1c2cccc(-c3ccc4c(c3)c3ccccc3n4-c3cccc4c3C(=O)N(c3ccccc3-c3ccccc3)C4=O)c2C(=O)N1c1ccccc1-c1ccccc1. The zero-order chi connectivity index (χ0) is 39.8. The summed E-state index contributed by atoms with van der Waals surface area (Å²) < 4.78 is 2.04. The second-order valence-electron chi connectivity index (χ2n) is 14.7. The van der Waals surface area contributed by atoms with Gasteiger partial charge < -0.3 is 4.57 Å². The van der Waals surface area contributed by atoms with E-state index in [1.807, 2.05) is 180 Å². The van der Waals surface area contributed by atoms with E-state index in [1.54, 1.807) is 12.1 Å². The first kappa shape index (κ1) is 34.1. The Kier molecular flexibility index (Phi) is 7.64. The van der Waals surface area contributed by atoms with Crippen molar-refractivity contribution in [3.8, 4) is 39.1 Å². The summed E-state index contributed by atoms with van der Waals surface area (Å²) in [4.78, 5) is 60.1. The third-order valence-corrected chi connectivity index (χ3v) is 11.5. The first-order valence-electron chi connectivity index (χ1n) is 19.4. The molecule has 0 fully saturated rings. The van der Waals surface area contributed by atoms with Gasteiger partial charge in [-0.15, -0.1) is 0 Å². The molecule has 2 aliphatic rings. The van der Waals surface area contributed by atoms with Crippen LogP contribution in [0.3, 0.4) is 0 Å². The van der Waals surface area contributed by atoms with Gasteiger partial charge in [-0.25, -0.2) is 9.80 Å². The van der Waals surface area contributed by atoms with Gasteiger partial charge in [0.25, 0.3) is 23.6 Å². The van der Waals surface area contributed by atoms with Gasteiger partial charge in [-0.1, -0.05) is 140 Å². The van der Waals surface area contributed by atoms with Crippen LogP contribution in [0.15, 0.2) is 188 Å². The highest BCUT2D eigenvalue weighted by molar-refractivity contribution is 6.38. The van der Waals surface area contributed by atoms with E-state index in [-0.39, 0.29) is 17.7 Å². The van der Waals surface area contributed by atoms with Crippen LogP contribution in [0.1, 0.15) is 41.4 Å². The van der Waals surface area contributed by atoms with Crippen molar-refractivity contribution in [2.45, 2.75) is 0 Å². The summed E-state index contributed by atoms with van der Waals surface area (Å²) in [7, 11) is 0. The molecule has 0 atom stereocenters. The quantitative estimate of drug-likeness (QED) is 0.158. The Labute approximate surface area is 338 Å². The van der Waals surface area contributed by atoms with Crippen LogP contribution < -0.4 is 9.80 Å². The van der Waals surface area contributed by atoms with Crippen molar-refractivity contribution in [1.29, 1.82) is 0 Å². The lowest BCUT2D eigenvalue weighted by Crippen LogP contribution is -2.30. The molecule has 278 valence electrons. The van der Waals surface area contributed by atoms with E-state index in [9.17, 15) is 19.2 Å². The van der Waals surface area contributed by atoms with Crippen LogP contribution >= 0.6 is 0 Å². The molecule has 0 saturated heterocycles. The van der Waals surface area contributed by atoms with Gasteiger partial charge in [-0.05, 0) is 70.8 Å². The molecule has 2 aliphatic heterocycles. The molecule has 11 rings (SSSR count). The van der Waals surface area contributed by atoms with E-state index in [4.69, 9.17) is 0 Å². The van der Waals surface area contributed by atoms with Crippen molar-refractivity contribution in [3.05, 3.63) is 210 Å². The first-order valence-corrected chi connectivity index (χ1v) is 19.4. The standard InChI is InChI=1S/C52H31N3O4/c56-49-39-23-13-22-37(47(39)51(58)54(49)42-25-10-7-19-35(42)32-15-3-1-4-16-32)34-29-30-45-41(31-34)38-21-9-12-27-44(38)53(45)46-28-14-24-40-48(46)52(59)55(50(40)57)43-26-11-8-20-36(43)33-17-5-2-6-18-33/h1-31H. The van der Waals surface area contributed by atoms with E-state index >= 15 is 0 Å². The van der Waals surface area contributed by atoms with Crippen LogP contribution in [0.4, 0.5) is 11.4 Å². The second kappa shape index (κ2) is 13.2. The average molecular weight is 762 g/mol. The Morgan fingerprint density at radius 3 is 1.39 bits per heavy atom. The number of hydrogen-bond donors (Lipinski definition) is 0. The number of hydrogen-bond acceptors (Lipinski definition) is 4. The lowest BCUT2D eigenvalue weighted by Gasteiger charge is -2.19. The number of carbonyl (C=O) groups is 4. The Morgan fingerprint density at radius 2 is 0.746 bits per heavy atom. The summed E-state index contributed by atoms with van der Waals surface area (Å²) in [6.45, 7) is 0. The van der Waals surface area contributed by atoms with Crippen molar-refractivity contribution in [2.24, 2.45) is 0 Å². The molecule has 59 heavy (non-hydrogen) atoms. The molecule has 7 heteroatoms. The number of benzene rings is 8. The molecule has 0 unspecified atom stereocenters. The van der Waals surface area contributed by atoms with Crippen LogP contribution in [0.2, 0.25) is 0 Å². The molecular weight excluding hydrogens is 731 g/mol. The largest absolute Gasteiger partial charge is 0.308 e. The van der Waals surface area contributed by atoms with E-state index in [2.05, 4.69) is 0 Å². The summed E-state index contributed by atoms with van der Waals surface area (Å²) >= 11 is 0. The van der Waals surface area contributed by atoms with Crippen molar-refractivity contribution < 1.29 is 19.2 Å². The summed E-state index contributed by atoms with van der Waals surface area (Å²) in [6.07, 6.45) is 0.